The molecule has 0 aliphatic carbocycles. The fourth-order valence-corrected chi connectivity index (χ4v) is 1.74. The van der Waals surface area contributed by atoms with Crippen molar-refractivity contribution in [2.45, 2.75) is 32.7 Å². The number of aliphatic carboxylic acids is 1. The zero-order valence-electron chi connectivity index (χ0n) is 12.4. The Labute approximate surface area is 127 Å². The van der Waals surface area contributed by atoms with Gasteiger partial charge in [-0.25, -0.2) is 9.18 Å². The normalized spacial score (nSPS) is 11.8. The number of carboxylic acid groups (broad SMARTS) is 1. The summed E-state index contributed by atoms with van der Waals surface area (Å²) in [5, 5.41) is 13.9. The number of benzene rings is 1. The topological polar surface area (TPSA) is 95.5 Å². The minimum atomic E-state index is -1.11. The summed E-state index contributed by atoms with van der Waals surface area (Å²) in [6, 6.07) is 4.26. The Bertz CT molecular complexity index is 543. The van der Waals surface area contributed by atoms with Crippen molar-refractivity contribution in [3.8, 4) is 0 Å². The maximum atomic E-state index is 12.7. The lowest BCUT2D eigenvalue weighted by molar-refractivity contribution is -0.143. The molecule has 0 aliphatic heterocycles. The molecule has 0 saturated carbocycles. The van der Waals surface area contributed by atoms with Crippen LogP contribution in [0.4, 0.5) is 10.1 Å². The first-order chi connectivity index (χ1) is 10.3. The summed E-state index contributed by atoms with van der Waals surface area (Å²) >= 11 is 0. The van der Waals surface area contributed by atoms with Crippen LogP contribution in [-0.4, -0.2) is 28.9 Å². The summed E-state index contributed by atoms with van der Waals surface area (Å²) in [4.78, 5) is 34.3. The SMILES string of the molecule is CC(C)C(NC(=O)CCC(=O)Nc1ccc(F)cc1)C(=O)O. The Morgan fingerprint density at radius 3 is 2.14 bits per heavy atom. The molecule has 1 atom stereocenters. The van der Waals surface area contributed by atoms with E-state index >= 15 is 0 Å². The second-order valence-corrected chi connectivity index (χ2v) is 5.18. The molecular weight excluding hydrogens is 291 g/mol. The van der Waals surface area contributed by atoms with E-state index in [9.17, 15) is 18.8 Å². The van der Waals surface area contributed by atoms with Crippen molar-refractivity contribution in [2.24, 2.45) is 5.92 Å². The first-order valence-electron chi connectivity index (χ1n) is 6.87. The average molecular weight is 310 g/mol. The minimum Gasteiger partial charge on any atom is -0.480 e. The van der Waals surface area contributed by atoms with Crippen LogP contribution in [0.2, 0.25) is 0 Å². The standard InChI is InChI=1S/C15H19FN2O4/c1-9(2)14(15(21)22)18-13(20)8-7-12(19)17-11-5-3-10(16)4-6-11/h3-6,9,14H,7-8H2,1-2H3,(H,17,19)(H,18,20)(H,21,22). The number of carbonyl (C=O) groups excluding carboxylic acids is 2. The van der Waals surface area contributed by atoms with Gasteiger partial charge in [0.2, 0.25) is 11.8 Å². The number of carbonyl (C=O) groups is 3. The van der Waals surface area contributed by atoms with E-state index in [1.807, 2.05) is 0 Å². The zero-order valence-corrected chi connectivity index (χ0v) is 12.4. The molecule has 6 nitrogen and oxygen atoms in total. The lowest BCUT2D eigenvalue weighted by Crippen LogP contribution is -2.44. The summed E-state index contributed by atoms with van der Waals surface area (Å²) in [6.45, 7) is 3.36. The summed E-state index contributed by atoms with van der Waals surface area (Å²) in [5.74, 6) is -2.69. The smallest absolute Gasteiger partial charge is 0.326 e. The summed E-state index contributed by atoms with van der Waals surface area (Å²) in [5.41, 5.74) is 0.428. The molecule has 22 heavy (non-hydrogen) atoms. The Balaban J connectivity index is 2.41. The largest absolute Gasteiger partial charge is 0.480 e. The quantitative estimate of drug-likeness (QED) is 0.715. The molecule has 0 spiro atoms. The molecular formula is C15H19FN2O4. The van der Waals surface area contributed by atoms with Gasteiger partial charge in [0.15, 0.2) is 0 Å². The molecule has 0 radical (unpaired) electrons. The van der Waals surface area contributed by atoms with E-state index in [0.29, 0.717) is 5.69 Å². The summed E-state index contributed by atoms with van der Waals surface area (Å²) < 4.78 is 12.7. The maximum absolute atomic E-state index is 12.7. The molecule has 7 heteroatoms. The number of anilines is 1. The van der Waals surface area contributed by atoms with Crippen LogP contribution in [0, 0.1) is 11.7 Å². The molecule has 3 N–H and O–H groups in total. The fourth-order valence-electron chi connectivity index (χ4n) is 1.74. The van der Waals surface area contributed by atoms with Gasteiger partial charge < -0.3 is 15.7 Å². The van der Waals surface area contributed by atoms with Crippen LogP contribution in [0.3, 0.4) is 0 Å². The second kappa shape index (κ2) is 8.11. The van der Waals surface area contributed by atoms with Crippen molar-refractivity contribution >= 4 is 23.5 Å². The van der Waals surface area contributed by atoms with Crippen molar-refractivity contribution in [2.75, 3.05) is 5.32 Å². The van der Waals surface area contributed by atoms with Gasteiger partial charge in [0, 0.05) is 18.5 Å². The first kappa shape index (κ1) is 17.6. The molecule has 1 rings (SSSR count). The minimum absolute atomic E-state index is 0.0896. The number of halogens is 1. The number of hydrogen-bond donors (Lipinski definition) is 3. The average Bonchev–Trinajstić information content (AvgIpc) is 2.44. The van der Waals surface area contributed by atoms with E-state index in [-0.39, 0.29) is 18.8 Å². The van der Waals surface area contributed by atoms with Crippen LogP contribution in [0.5, 0.6) is 0 Å². The van der Waals surface area contributed by atoms with Crippen LogP contribution in [0.15, 0.2) is 24.3 Å². The highest BCUT2D eigenvalue weighted by Crippen LogP contribution is 2.09. The fraction of sp³-hybridized carbons (Fsp3) is 0.400. The van der Waals surface area contributed by atoms with Gasteiger partial charge in [0.1, 0.15) is 11.9 Å². The second-order valence-electron chi connectivity index (χ2n) is 5.18. The Kier molecular flexibility index (Phi) is 6.49. The van der Waals surface area contributed by atoms with Crippen molar-refractivity contribution in [3.63, 3.8) is 0 Å². The lowest BCUT2D eigenvalue weighted by Gasteiger charge is -2.17. The molecule has 0 bridgehead atoms. The van der Waals surface area contributed by atoms with E-state index in [2.05, 4.69) is 10.6 Å². The highest BCUT2D eigenvalue weighted by atomic mass is 19.1. The third-order valence-corrected chi connectivity index (χ3v) is 2.96. The van der Waals surface area contributed by atoms with Crippen LogP contribution >= 0.6 is 0 Å². The highest BCUT2D eigenvalue weighted by molar-refractivity contribution is 5.93. The van der Waals surface area contributed by atoms with E-state index in [0.717, 1.165) is 0 Å². The Hall–Kier alpha value is -2.44. The number of nitrogens with one attached hydrogen (secondary N) is 2. The first-order valence-corrected chi connectivity index (χ1v) is 6.87. The summed E-state index contributed by atoms with van der Waals surface area (Å²) in [6.07, 6.45) is -0.211. The molecule has 0 aromatic heterocycles. The van der Waals surface area contributed by atoms with Gasteiger partial charge in [0.25, 0.3) is 0 Å². The Morgan fingerprint density at radius 1 is 1.09 bits per heavy atom. The summed E-state index contributed by atoms with van der Waals surface area (Å²) in [7, 11) is 0. The van der Waals surface area contributed by atoms with Crippen LogP contribution in [-0.2, 0) is 14.4 Å². The third kappa shape index (κ3) is 5.90. The third-order valence-electron chi connectivity index (χ3n) is 2.96. The highest BCUT2D eigenvalue weighted by Gasteiger charge is 2.23. The molecule has 120 valence electrons. The predicted molar refractivity (Wildman–Crippen MR) is 78.7 cm³/mol. The molecule has 0 saturated heterocycles. The number of hydrogen-bond acceptors (Lipinski definition) is 3. The lowest BCUT2D eigenvalue weighted by atomic mass is 10.0. The molecule has 0 fully saturated rings. The van der Waals surface area contributed by atoms with Gasteiger partial charge in [-0.3, -0.25) is 9.59 Å². The van der Waals surface area contributed by atoms with Gasteiger partial charge >= 0.3 is 5.97 Å². The van der Waals surface area contributed by atoms with Gasteiger partial charge in [-0.05, 0) is 30.2 Å². The van der Waals surface area contributed by atoms with Gasteiger partial charge in [-0.15, -0.1) is 0 Å². The predicted octanol–water partition coefficient (Wildman–Crippen LogP) is 1.77. The van der Waals surface area contributed by atoms with E-state index in [4.69, 9.17) is 5.11 Å². The van der Waals surface area contributed by atoms with Gasteiger partial charge in [-0.1, -0.05) is 13.8 Å². The van der Waals surface area contributed by atoms with E-state index < -0.39 is 29.6 Å². The number of rotatable bonds is 7. The maximum Gasteiger partial charge on any atom is 0.326 e. The van der Waals surface area contributed by atoms with Crippen LogP contribution in [0.25, 0.3) is 0 Å². The molecule has 2 amide bonds. The van der Waals surface area contributed by atoms with Crippen LogP contribution < -0.4 is 10.6 Å². The number of carboxylic acids is 1. The van der Waals surface area contributed by atoms with Crippen molar-refractivity contribution < 1.29 is 23.9 Å². The van der Waals surface area contributed by atoms with Crippen molar-refractivity contribution in [1.29, 1.82) is 0 Å². The molecule has 1 aromatic rings. The molecule has 0 heterocycles. The Morgan fingerprint density at radius 2 is 1.64 bits per heavy atom. The van der Waals surface area contributed by atoms with E-state index in [1.54, 1.807) is 13.8 Å². The molecule has 1 aromatic carbocycles. The van der Waals surface area contributed by atoms with Crippen LogP contribution in [0.1, 0.15) is 26.7 Å². The van der Waals surface area contributed by atoms with Gasteiger partial charge in [0.05, 0.1) is 0 Å². The molecule has 1 unspecified atom stereocenters. The molecule has 0 aliphatic rings. The van der Waals surface area contributed by atoms with Crippen molar-refractivity contribution in [3.05, 3.63) is 30.1 Å². The van der Waals surface area contributed by atoms with Gasteiger partial charge in [-0.2, -0.15) is 0 Å². The monoisotopic (exact) mass is 310 g/mol. The van der Waals surface area contributed by atoms with E-state index in [1.165, 1.54) is 24.3 Å². The zero-order chi connectivity index (χ0) is 16.7. The number of amides is 2. The van der Waals surface area contributed by atoms with Crippen molar-refractivity contribution in [1.82, 2.24) is 5.32 Å².